The molecule has 0 aliphatic heterocycles. The van der Waals surface area contributed by atoms with Crippen molar-refractivity contribution in [2.45, 2.75) is 72.6 Å². The van der Waals surface area contributed by atoms with Gasteiger partial charge in [0.05, 0.1) is 5.92 Å². The summed E-state index contributed by atoms with van der Waals surface area (Å²) in [6.45, 7) is 8.34. The van der Waals surface area contributed by atoms with Crippen LogP contribution in [0.1, 0.15) is 72.6 Å². The van der Waals surface area contributed by atoms with E-state index in [0.717, 1.165) is 31.6 Å². The van der Waals surface area contributed by atoms with Crippen LogP contribution >= 0.6 is 0 Å². The van der Waals surface area contributed by atoms with Crippen molar-refractivity contribution in [3.8, 4) is 0 Å². The summed E-state index contributed by atoms with van der Waals surface area (Å²) in [7, 11) is 0. The molecule has 0 aliphatic rings. The predicted octanol–water partition coefficient (Wildman–Crippen LogP) is 5.60. The number of aliphatic carboxylic acids is 1. The fourth-order valence-electron chi connectivity index (χ4n) is 2.22. The largest absolute Gasteiger partial charge is 0.481 e. The maximum Gasteiger partial charge on any atom is 0.306 e. The standard InChI is InChI=1S/C18H32O2/c1-5-6-7-10-15(2)11-8-12-16(3)13-9-14-17(4)18(19)20/h5-6,12,15,17H,7-11,13-14H2,1-4H3,(H,19,20). The molecule has 0 rings (SSSR count). The third-order valence-electron chi connectivity index (χ3n) is 3.84. The second-order valence-corrected chi connectivity index (χ2v) is 6.01. The molecule has 2 unspecified atom stereocenters. The minimum Gasteiger partial charge on any atom is -0.481 e. The number of hydrogen-bond donors (Lipinski definition) is 1. The molecule has 20 heavy (non-hydrogen) atoms. The Morgan fingerprint density at radius 3 is 2.40 bits per heavy atom. The first-order chi connectivity index (χ1) is 9.47. The average Bonchev–Trinajstić information content (AvgIpc) is 2.38. The Morgan fingerprint density at radius 1 is 1.15 bits per heavy atom. The van der Waals surface area contributed by atoms with Crippen LogP contribution in [0.5, 0.6) is 0 Å². The van der Waals surface area contributed by atoms with Gasteiger partial charge >= 0.3 is 5.97 Å². The van der Waals surface area contributed by atoms with Crippen LogP contribution in [-0.2, 0) is 4.79 Å². The van der Waals surface area contributed by atoms with Gasteiger partial charge in [0.15, 0.2) is 0 Å². The van der Waals surface area contributed by atoms with E-state index < -0.39 is 5.97 Å². The van der Waals surface area contributed by atoms with Crippen molar-refractivity contribution in [1.29, 1.82) is 0 Å². The van der Waals surface area contributed by atoms with E-state index in [0.29, 0.717) is 0 Å². The van der Waals surface area contributed by atoms with E-state index in [1.54, 1.807) is 6.92 Å². The average molecular weight is 280 g/mol. The Morgan fingerprint density at radius 2 is 1.80 bits per heavy atom. The van der Waals surface area contributed by atoms with Gasteiger partial charge in [-0.3, -0.25) is 4.79 Å². The third-order valence-corrected chi connectivity index (χ3v) is 3.84. The van der Waals surface area contributed by atoms with Crippen LogP contribution in [0.15, 0.2) is 23.8 Å². The zero-order chi connectivity index (χ0) is 15.4. The van der Waals surface area contributed by atoms with Gasteiger partial charge in [-0.25, -0.2) is 0 Å². The first kappa shape index (κ1) is 18.9. The highest BCUT2D eigenvalue weighted by Gasteiger charge is 2.09. The fraction of sp³-hybridized carbons (Fsp3) is 0.722. The smallest absolute Gasteiger partial charge is 0.306 e. The maximum absolute atomic E-state index is 10.7. The normalized spacial score (nSPS) is 15.5. The van der Waals surface area contributed by atoms with Crippen molar-refractivity contribution in [2.75, 3.05) is 0 Å². The molecule has 0 aromatic heterocycles. The first-order valence-corrected chi connectivity index (χ1v) is 7.97. The highest BCUT2D eigenvalue weighted by Crippen LogP contribution is 2.17. The number of carboxylic acid groups (broad SMARTS) is 1. The van der Waals surface area contributed by atoms with Crippen molar-refractivity contribution in [3.05, 3.63) is 23.8 Å². The predicted molar refractivity (Wildman–Crippen MR) is 86.9 cm³/mol. The quantitative estimate of drug-likeness (QED) is 0.500. The van der Waals surface area contributed by atoms with Crippen molar-refractivity contribution in [1.82, 2.24) is 0 Å². The topological polar surface area (TPSA) is 37.3 Å². The summed E-state index contributed by atoms with van der Waals surface area (Å²) in [5, 5.41) is 8.82. The van der Waals surface area contributed by atoms with Crippen LogP contribution in [-0.4, -0.2) is 11.1 Å². The van der Waals surface area contributed by atoms with Crippen LogP contribution in [0.2, 0.25) is 0 Å². The van der Waals surface area contributed by atoms with E-state index in [1.165, 1.54) is 24.8 Å². The SMILES string of the molecule is CC=CCCC(C)CCC=C(C)CCCC(C)C(=O)O. The third kappa shape index (κ3) is 10.8. The molecule has 0 aliphatic carbocycles. The highest BCUT2D eigenvalue weighted by atomic mass is 16.4. The van der Waals surface area contributed by atoms with Gasteiger partial charge in [-0.2, -0.15) is 0 Å². The van der Waals surface area contributed by atoms with E-state index in [-0.39, 0.29) is 5.92 Å². The van der Waals surface area contributed by atoms with Gasteiger partial charge in [-0.15, -0.1) is 0 Å². The molecule has 0 bridgehead atoms. The Kier molecular flexibility index (Phi) is 11.1. The summed E-state index contributed by atoms with van der Waals surface area (Å²) in [4.78, 5) is 10.7. The molecule has 0 aromatic rings. The highest BCUT2D eigenvalue weighted by molar-refractivity contribution is 5.69. The van der Waals surface area contributed by atoms with E-state index in [9.17, 15) is 4.79 Å². The molecule has 0 spiro atoms. The van der Waals surface area contributed by atoms with Crippen molar-refractivity contribution in [3.63, 3.8) is 0 Å². The van der Waals surface area contributed by atoms with Gasteiger partial charge in [-0.1, -0.05) is 37.6 Å². The Hall–Kier alpha value is -1.05. The Bertz CT molecular complexity index is 315. The van der Waals surface area contributed by atoms with E-state index in [4.69, 9.17) is 5.11 Å². The van der Waals surface area contributed by atoms with E-state index in [2.05, 4.69) is 39.0 Å². The molecule has 0 radical (unpaired) electrons. The van der Waals surface area contributed by atoms with E-state index in [1.807, 2.05) is 0 Å². The molecule has 1 N–H and O–H groups in total. The van der Waals surface area contributed by atoms with Crippen molar-refractivity contribution < 1.29 is 9.90 Å². The minimum absolute atomic E-state index is 0.213. The van der Waals surface area contributed by atoms with Gasteiger partial charge in [0.25, 0.3) is 0 Å². The number of rotatable bonds is 11. The minimum atomic E-state index is -0.679. The lowest BCUT2D eigenvalue weighted by atomic mass is 9.97. The summed E-state index contributed by atoms with van der Waals surface area (Å²) in [5.41, 5.74) is 1.41. The molecule has 116 valence electrons. The molecule has 0 amide bonds. The lowest BCUT2D eigenvalue weighted by Crippen LogP contribution is -2.08. The van der Waals surface area contributed by atoms with Gasteiger partial charge in [0.2, 0.25) is 0 Å². The Balaban J connectivity index is 3.72. The molecule has 0 aromatic carbocycles. The lowest BCUT2D eigenvalue weighted by molar-refractivity contribution is -0.141. The summed E-state index contributed by atoms with van der Waals surface area (Å²) in [6, 6.07) is 0. The number of hydrogen-bond acceptors (Lipinski definition) is 1. The van der Waals surface area contributed by atoms with Crippen molar-refractivity contribution >= 4 is 5.97 Å². The Labute approximate surface area is 125 Å². The summed E-state index contributed by atoms with van der Waals surface area (Å²) >= 11 is 0. The second-order valence-electron chi connectivity index (χ2n) is 6.01. The van der Waals surface area contributed by atoms with Crippen LogP contribution in [0.3, 0.4) is 0 Å². The molecular weight excluding hydrogens is 248 g/mol. The molecular formula is C18H32O2. The summed E-state index contributed by atoms with van der Waals surface area (Å²) in [5.74, 6) is -0.113. The van der Waals surface area contributed by atoms with Gasteiger partial charge in [-0.05, 0) is 64.7 Å². The van der Waals surface area contributed by atoms with Gasteiger partial charge < -0.3 is 5.11 Å². The number of carbonyl (C=O) groups is 1. The second kappa shape index (κ2) is 11.7. The number of carboxylic acids is 1. The van der Waals surface area contributed by atoms with E-state index >= 15 is 0 Å². The summed E-state index contributed by atoms with van der Waals surface area (Å²) < 4.78 is 0. The van der Waals surface area contributed by atoms with Gasteiger partial charge in [0.1, 0.15) is 0 Å². The molecule has 0 saturated carbocycles. The molecule has 2 nitrogen and oxygen atoms in total. The number of allylic oxidation sites excluding steroid dienone is 4. The first-order valence-electron chi connectivity index (χ1n) is 7.97. The fourth-order valence-corrected chi connectivity index (χ4v) is 2.22. The lowest BCUT2D eigenvalue weighted by Gasteiger charge is -2.09. The zero-order valence-electron chi connectivity index (χ0n) is 13.7. The summed E-state index contributed by atoms with van der Waals surface area (Å²) in [6.07, 6.45) is 14.3. The molecule has 2 heteroatoms. The van der Waals surface area contributed by atoms with Crippen LogP contribution in [0, 0.1) is 11.8 Å². The molecule has 0 fully saturated rings. The van der Waals surface area contributed by atoms with Crippen molar-refractivity contribution in [2.24, 2.45) is 11.8 Å². The maximum atomic E-state index is 10.7. The molecule has 2 atom stereocenters. The van der Waals surface area contributed by atoms with Crippen LogP contribution in [0.25, 0.3) is 0 Å². The van der Waals surface area contributed by atoms with Crippen LogP contribution < -0.4 is 0 Å². The zero-order valence-corrected chi connectivity index (χ0v) is 13.7. The molecule has 0 saturated heterocycles. The monoisotopic (exact) mass is 280 g/mol. The van der Waals surface area contributed by atoms with Gasteiger partial charge in [0, 0.05) is 0 Å². The molecule has 0 heterocycles. The van der Waals surface area contributed by atoms with Crippen LogP contribution in [0.4, 0.5) is 0 Å².